The van der Waals surface area contributed by atoms with Crippen molar-refractivity contribution >= 4 is 64.2 Å². The van der Waals surface area contributed by atoms with Crippen LogP contribution in [-0.4, -0.2) is 174 Å². The number of hydrogen-bond donors (Lipinski definition) is 10. The number of amides is 6. The quantitative estimate of drug-likeness (QED) is 0.0290. The standard InChI is InChI=1S/C71H76FN11O20/c1-5-71(97)44-27-50-58-42(32-83(50)66(92)43(44)34-100-69(71)95)57-46(16-15-39-35(2)45(72)28-47(77-58)56(39)57)78-70(96)101-33-36-14-17-51(102-68-63(90)61(88)62(89)64(103-68)67(93)94)38(26-36)29-74-52(84)20-22-73-65(91)48(30-75-53(85)21-23-99-25-24-98-4)76-54(86)18-19-55(87)82-31-37-10-6-7-11-40(37)60-59(79-80-81(60)3)41-12-8-9-13-49(41)82/h6-14,17,26-28,46,48,61-64,68,88-90,97H,5,15-16,18-25,29-34H2,1-4H3,(H,73,91)(H,74,84)(H,75,85)(H,76,86)(H,78,96)(H,93,94)/t46-,48-,61-,62-,63+,64-,68+,71-/m0/s1. The smallest absolute Gasteiger partial charge is 0.407 e. The molecular formula is C71H76FN11O20. The number of carbonyl (C=O) groups excluding carboxylic acids is 7. The average molecular weight is 1420 g/mol. The number of fused-ring (bicyclic) bond motifs is 10. The van der Waals surface area contributed by atoms with Crippen LogP contribution in [0.5, 0.6) is 5.75 Å². The SMILES string of the molecule is CC[C@@]1(O)C(=O)OCc2c1cc1n(c2=O)Cc2c-1nc1cc(F)c(C)c3c1c2[C@@H](NC(=O)OCc1ccc(O[C@@H]2O[C@H](C(=O)O)[C@@H](O)[C@H](O)[C@H]2O)c(CNC(=O)CCNC(=O)[C@H](CNC(=O)CCOCCOC)NC(=O)CCC(=O)N2Cc4ccccc4-c4c(nnn4C)-c4ccccc42)c1)CC3. The number of alkyl carbamates (subject to hydrolysis) is 1. The molecule has 103 heavy (non-hydrogen) atoms. The van der Waals surface area contributed by atoms with Gasteiger partial charge in [0, 0.05) is 98.7 Å². The molecule has 542 valence electrons. The highest BCUT2D eigenvalue weighted by molar-refractivity contribution is 6.02. The van der Waals surface area contributed by atoms with Crippen molar-refractivity contribution in [2.45, 2.75) is 140 Å². The Labute approximate surface area is 586 Å². The molecule has 6 amide bonds. The molecule has 7 aromatic rings. The Morgan fingerprint density at radius 1 is 0.825 bits per heavy atom. The minimum Gasteiger partial charge on any atom is -0.479 e. The second-order valence-corrected chi connectivity index (χ2v) is 25.6. The second-order valence-electron chi connectivity index (χ2n) is 25.6. The van der Waals surface area contributed by atoms with E-state index in [2.05, 4.69) is 36.9 Å². The Hall–Kier alpha value is -10.6. The average Bonchev–Trinajstić information content (AvgIpc) is 1.59. The van der Waals surface area contributed by atoms with E-state index < -0.39 is 120 Å². The Morgan fingerprint density at radius 2 is 1.59 bits per heavy atom. The maximum absolute atomic E-state index is 15.7. The van der Waals surface area contributed by atoms with Gasteiger partial charge in [0.1, 0.15) is 54.8 Å². The van der Waals surface area contributed by atoms with E-state index in [0.29, 0.717) is 63.2 Å². The number of anilines is 1. The van der Waals surface area contributed by atoms with E-state index in [9.17, 15) is 68.7 Å². The first kappa shape index (κ1) is 72.2. The van der Waals surface area contributed by atoms with E-state index in [-0.39, 0.29) is 124 Å². The summed E-state index contributed by atoms with van der Waals surface area (Å²) < 4.78 is 51.5. The molecular weight excluding hydrogens is 1350 g/mol. The lowest BCUT2D eigenvalue weighted by molar-refractivity contribution is -0.271. The third-order valence-corrected chi connectivity index (χ3v) is 19.2. The first-order chi connectivity index (χ1) is 49.5. The number of esters is 1. The zero-order valence-corrected chi connectivity index (χ0v) is 56.5. The first-order valence-corrected chi connectivity index (χ1v) is 33.5. The van der Waals surface area contributed by atoms with Crippen LogP contribution < -0.4 is 41.8 Å². The number of carboxylic acid groups (broad SMARTS) is 1. The summed E-state index contributed by atoms with van der Waals surface area (Å²) in [6, 6.07) is 19.6. The van der Waals surface area contributed by atoms with E-state index in [1.807, 2.05) is 36.4 Å². The monoisotopic (exact) mass is 1420 g/mol. The number of carboxylic acids is 1. The van der Waals surface area contributed by atoms with Crippen molar-refractivity contribution in [1.29, 1.82) is 0 Å². The van der Waals surface area contributed by atoms with Gasteiger partial charge in [-0.2, -0.15) is 0 Å². The summed E-state index contributed by atoms with van der Waals surface area (Å²) in [5, 5.41) is 76.0. The van der Waals surface area contributed by atoms with Gasteiger partial charge >= 0.3 is 18.0 Å². The molecule has 1 aliphatic carbocycles. The molecule has 0 spiro atoms. The van der Waals surface area contributed by atoms with Crippen LogP contribution >= 0.6 is 0 Å². The minimum absolute atomic E-state index is 0.0258. The molecule has 0 bridgehead atoms. The number of para-hydroxylation sites is 1. The summed E-state index contributed by atoms with van der Waals surface area (Å²) in [4.78, 5) is 128. The number of nitrogens with one attached hydrogen (secondary N) is 5. The number of aryl methyl sites for hydroxylation is 2. The van der Waals surface area contributed by atoms with Gasteiger partial charge in [-0.15, -0.1) is 5.10 Å². The van der Waals surface area contributed by atoms with Crippen LogP contribution in [0.1, 0.15) is 102 Å². The lowest BCUT2D eigenvalue weighted by atomic mass is 9.81. The highest BCUT2D eigenvalue weighted by atomic mass is 19.1. The summed E-state index contributed by atoms with van der Waals surface area (Å²) in [6.45, 7) is 1.98. The van der Waals surface area contributed by atoms with Crippen LogP contribution in [0.15, 0.2) is 83.7 Å². The molecule has 8 atom stereocenters. The molecule has 0 radical (unpaired) electrons. The lowest BCUT2D eigenvalue weighted by Crippen LogP contribution is -2.61. The molecule has 0 saturated carbocycles. The predicted octanol–water partition coefficient (Wildman–Crippen LogP) is 2.28. The number of pyridine rings is 2. The van der Waals surface area contributed by atoms with E-state index in [1.54, 1.807) is 42.6 Å². The normalized spacial score (nSPS) is 20.0. The van der Waals surface area contributed by atoms with Crippen LogP contribution in [0.2, 0.25) is 0 Å². The number of aromatic nitrogens is 5. The lowest BCUT2D eigenvalue weighted by Gasteiger charge is -2.38. The Bertz CT molecular complexity index is 4600. The van der Waals surface area contributed by atoms with E-state index in [1.165, 1.54) is 42.0 Å². The number of ether oxygens (including phenoxy) is 6. The molecule has 1 saturated heterocycles. The molecule has 1 fully saturated rings. The van der Waals surface area contributed by atoms with E-state index in [0.717, 1.165) is 16.8 Å². The molecule has 12 rings (SSSR count). The molecule has 3 aromatic heterocycles. The molecule has 10 N–H and O–H groups in total. The van der Waals surface area contributed by atoms with Crippen LogP contribution in [0.25, 0.3) is 44.8 Å². The molecule has 0 unspecified atom stereocenters. The van der Waals surface area contributed by atoms with Gasteiger partial charge in [0.05, 0.1) is 72.8 Å². The van der Waals surface area contributed by atoms with Crippen LogP contribution in [0.4, 0.5) is 14.9 Å². The van der Waals surface area contributed by atoms with Gasteiger partial charge in [-0.05, 0) is 78.3 Å². The fourth-order valence-corrected chi connectivity index (χ4v) is 13.6. The third kappa shape index (κ3) is 14.6. The largest absolute Gasteiger partial charge is 0.479 e. The second kappa shape index (κ2) is 30.5. The van der Waals surface area contributed by atoms with Crippen LogP contribution in [-0.2, 0) is 109 Å². The number of aliphatic hydroxyl groups is 4. The summed E-state index contributed by atoms with van der Waals surface area (Å²) >= 11 is 0. The van der Waals surface area contributed by atoms with Crippen molar-refractivity contribution in [3.8, 4) is 39.7 Å². The van der Waals surface area contributed by atoms with Gasteiger partial charge in [0.25, 0.3) is 5.56 Å². The van der Waals surface area contributed by atoms with Gasteiger partial charge < -0.3 is 90.0 Å². The topological polar surface area (TPSA) is 422 Å². The number of nitrogens with zero attached hydrogens (tertiary/aromatic N) is 6. The van der Waals surface area contributed by atoms with Gasteiger partial charge in [-0.1, -0.05) is 60.7 Å². The fourth-order valence-electron chi connectivity index (χ4n) is 13.6. The van der Waals surface area contributed by atoms with Crippen molar-refractivity contribution in [3.63, 3.8) is 0 Å². The Balaban J connectivity index is 0.722. The minimum atomic E-state index is -2.12. The predicted molar refractivity (Wildman–Crippen MR) is 359 cm³/mol. The summed E-state index contributed by atoms with van der Waals surface area (Å²) in [5.74, 6) is -6.35. The van der Waals surface area contributed by atoms with Crippen molar-refractivity contribution in [3.05, 3.63) is 145 Å². The maximum atomic E-state index is 15.7. The number of cyclic esters (lactones) is 1. The van der Waals surface area contributed by atoms with Crippen molar-refractivity contribution < 1.29 is 96.7 Å². The van der Waals surface area contributed by atoms with Crippen molar-refractivity contribution in [2.24, 2.45) is 7.05 Å². The van der Waals surface area contributed by atoms with Gasteiger partial charge in [-0.3, -0.25) is 28.8 Å². The number of rotatable bonds is 25. The summed E-state index contributed by atoms with van der Waals surface area (Å²) in [6.07, 6.45) is -11.6. The van der Waals surface area contributed by atoms with Gasteiger partial charge in [0.2, 0.25) is 35.8 Å². The molecule has 4 aliphatic heterocycles. The van der Waals surface area contributed by atoms with Crippen LogP contribution in [0, 0.1) is 12.7 Å². The fraction of sp³-hybridized carbons (Fsp3) is 0.408. The highest BCUT2D eigenvalue weighted by Crippen LogP contribution is 2.47. The zero-order valence-electron chi connectivity index (χ0n) is 56.5. The number of benzene rings is 4. The van der Waals surface area contributed by atoms with Gasteiger partial charge in [0.15, 0.2) is 11.7 Å². The molecule has 5 aliphatic rings. The highest BCUT2D eigenvalue weighted by Gasteiger charge is 2.49. The van der Waals surface area contributed by atoms with Crippen molar-refractivity contribution in [2.75, 3.05) is 44.9 Å². The summed E-state index contributed by atoms with van der Waals surface area (Å²) in [5.41, 5.74) is 5.02. The van der Waals surface area contributed by atoms with Crippen LogP contribution in [0.3, 0.4) is 0 Å². The molecule has 4 aromatic carbocycles. The number of carbonyl (C=O) groups is 8. The number of aliphatic hydroxyl groups excluding tert-OH is 3. The maximum Gasteiger partial charge on any atom is 0.407 e. The molecule has 31 nitrogen and oxygen atoms in total. The Morgan fingerprint density at radius 3 is 2.37 bits per heavy atom. The zero-order chi connectivity index (χ0) is 73.1. The number of aliphatic carboxylic acids is 1. The van der Waals surface area contributed by atoms with Crippen molar-refractivity contribution in [1.82, 2.24) is 51.1 Å². The Kier molecular flexibility index (Phi) is 21.4. The number of halogens is 1. The van der Waals surface area contributed by atoms with E-state index in [4.69, 9.17) is 33.4 Å². The van der Waals surface area contributed by atoms with Gasteiger partial charge in [-0.25, -0.2) is 28.4 Å². The van der Waals surface area contributed by atoms with E-state index >= 15 is 4.39 Å². The third-order valence-electron chi connectivity index (χ3n) is 19.2. The summed E-state index contributed by atoms with van der Waals surface area (Å²) in [7, 11) is 3.28. The molecule has 7 heterocycles. The molecule has 32 heteroatoms. The number of methoxy groups -OCH3 is 1. The first-order valence-electron chi connectivity index (χ1n) is 33.5. The number of hydrogen-bond acceptors (Lipinski definition) is 22.